The lowest BCUT2D eigenvalue weighted by molar-refractivity contribution is -0.117. The van der Waals surface area contributed by atoms with Crippen LogP contribution in [0.15, 0.2) is 29.3 Å². The van der Waals surface area contributed by atoms with Gasteiger partial charge in [0, 0.05) is 10.6 Å². The van der Waals surface area contributed by atoms with Crippen molar-refractivity contribution in [2.45, 2.75) is 53.5 Å². The van der Waals surface area contributed by atoms with E-state index < -0.39 is 17.4 Å². The highest BCUT2D eigenvalue weighted by atomic mass is 32.1. The number of thiophene rings is 1. The minimum Gasteiger partial charge on any atom is -0.324 e. The summed E-state index contributed by atoms with van der Waals surface area (Å²) in [5.41, 5.74) is 2.41. The number of hydrogen-bond acceptors (Lipinski definition) is 5. The molecule has 0 aliphatic heterocycles. The summed E-state index contributed by atoms with van der Waals surface area (Å²) in [5.74, 6) is -0.250. The van der Waals surface area contributed by atoms with Crippen LogP contribution in [0.4, 0.5) is 10.1 Å². The first kappa shape index (κ1) is 21.8. The van der Waals surface area contributed by atoms with Gasteiger partial charge in [-0.2, -0.15) is 0 Å². The van der Waals surface area contributed by atoms with Gasteiger partial charge in [-0.15, -0.1) is 16.4 Å². The van der Waals surface area contributed by atoms with E-state index in [0.29, 0.717) is 22.8 Å². The molecule has 7 nitrogen and oxygen atoms in total. The van der Waals surface area contributed by atoms with Gasteiger partial charge in [0.1, 0.15) is 23.5 Å². The summed E-state index contributed by atoms with van der Waals surface area (Å²) in [4.78, 5) is 32.2. The molecule has 0 saturated carbocycles. The fourth-order valence-corrected chi connectivity index (χ4v) is 5.81. The number of aryl methyl sites for hydroxylation is 2. The molecule has 3 aromatic heterocycles. The number of benzene rings is 1. The number of amides is 1. The first-order valence-electron chi connectivity index (χ1n) is 11.1. The molecule has 5 rings (SSSR count). The smallest absolute Gasteiger partial charge is 0.324 e. The van der Waals surface area contributed by atoms with Gasteiger partial charge in [-0.05, 0) is 60.8 Å². The third-order valence-corrected chi connectivity index (χ3v) is 7.77. The fourth-order valence-electron chi connectivity index (χ4n) is 4.55. The number of halogens is 1. The molecule has 1 aromatic carbocycles. The number of aromatic nitrogens is 4. The van der Waals surface area contributed by atoms with Gasteiger partial charge in [-0.3, -0.25) is 4.79 Å². The summed E-state index contributed by atoms with van der Waals surface area (Å²) in [5, 5.41) is 8.05. The van der Waals surface area contributed by atoms with E-state index in [4.69, 9.17) is 0 Å². The van der Waals surface area contributed by atoms with Crippen molar-refractivity contribution in [2.75, 3.05) is 5.32 Å². The van der Waals surface area contributed by atoms with Gasteiger partial charge in [-0.1, -0.05) is 26.8 Å². The molecule has 172 valence electrons. The van der Waals surface area contributed by atoms with Crippen LogP contribution in [0.1, 0.15) is 43.2 Å². The lowest BCUT2D eigenvalue weighted by atomic mass is 9.72. The Balaban J connectivity index is 1.48. The van der Waals surface area contributed by atoms with Crippen molar-refractivity contribution >= 4 is 38.8 Å². The molecule has 1 aliphatic carbocycles. The lowest BCUT2D eigenvalue weighted by Crippen LogP contribution is -2.28. The zero-order valence-corrected chi connectivity index (χ0v) is 19.9. The first-order valence-corrected chi connectivity index (χ1v) is 11.9. The van der Waals surface area contributed by atoms with Crippen LogP contribution in [0.5, 0.6) is 0 Å². The summed E-state index contributed by atoms with van der Waals surface area (Å²) in [6.07, 6.45) is 4.51. The van der Waals surface area contributed by atoms with Crippen LogP contribution in [0.2, 0.25) is 0 Å². The Morgan fingerprint density at radius 2 is 2.12 bits per heavy atom. The summed E-state index contributed by atoms with van der Waals surface area (Å²) < 4.78 is 16.3. The van der Waals surface area contributed by atoms with E-state index in [9.17, 15) is 14.0 Å². The molecule has 3 heterocycles. The second kappa shape index (κ2) is 7.76. The van der Waals surface area contributed by atoms with Crippen LogP contribution in [0.25, 0.3) is 15.9 Å². The first-order chi connectivity index (χ1) is 15.6. The number of nitrogens with one attached hydrogen (secondary N) is 1. The zero-order chi connectivity index (χ0) is 23.5. The van der Waals surface area contributed by atoms with Gasteiger partial charge in [0.15, 0.2) is 5.65 Å². The Labute approximate surface area is 194 Å². The van der Waals surface area contributed by atoms with Crippen LogP contribution in [-0.4, -0.2) is 25.1 Å². The second-order valence-corrected chi connectivity index (χ2v) is 11.0. The Hall–Kier alpha value is -3.07. The monoisotopic (exact) mass is 467 g/mol. The number of hydrogen-bond donors (Lipinski definition) is 1. The van der Waals surface area contributed by atoms with Crippen molar-refractivity contribution in [3.8, 4) is 0 Å². The van der Waals surface area contributed by atoms with Crippen LogP contribution in [-0.2, 0) is 24.2 Å². The van der Waals surface area contributed by atoms with Gasteiger partial charge >= 0.3 is 5.69 Å². The largest absolute Gasteiger partial charge is 0.352 e. The van der Waals surface area contributed by atoms with Gasteiger partial charge in [0.05, 0.1) is 5.39 Å². The average Bonchev–Trinajstić information content (AvgIpc) is 3.27. The molecule has 1 unspecified atom stereocenters. The van der Waals surface area contributed by atoms with E-state index in [0.717, 1.165) is 34.2 Å². The maximum Gasteiger partial charge on any atom is 0.352 e. The van der Waals surface area contributed by atoms with E-state index >= 15 is 0 Å². The minimum absolute atomic E-state index is 0.239. The van der Waals surface area contributed by atoms with Crippen molar-refractivity contribution in [3.63, 3.8) is 0 Å². The van der Waals surface area contributed by atoms with E-state index in [1.165, 1.54) is 27.2 Å². The molecule has 1 amide bonds. The predicted octanol–water partition coefficient (Wildman–Crippen LogP) is 4.34. The van der Waals surface area contributed by atoms with E-state index in [-0.39, 0.29) is 12.0 Å². The lowest BCUT2D eigenvalue weighted by Gasteiger charge is -2.33. The molecule has 0 saturated heterocycles. The van der Waals surface area contributed by atoms with Crippen LogP contribution >= 0.6 is 11.3 Å². The van der Waals surface area contributed by atoms with Crippen molar-refractivity contribution in [1.82, 2.24) is 19.2 Å². The quantitative estimate of drug-likeness (QED) is 0.486. The third-order valence-electron chi connectivity index (χ3n) is 6.60. The predicted molar refractivity (Wildman–Crippen MR) is 127 cm³/mol. The highest BCUT2D eigenvalue weighted by molar-refractivity contribution is 7.19. The number of carbonyl (C=O) groups excluding carboxylic acids is 1. The van der Waals surface area contributed by atoms with Gasteiger partial charge in [0.25, 0.3) is 0 Å². The average molecular weight is 468 g/mol. The maximum atomic E-state index is 13.8. The number of fused-ring (bicyclic) bond motifs is 5. The third kappa shape index (κ3) is 3.84. The molecule has 0 fully saturated rings. The summed E-state index contributed by atoms with van der Waals surface area (Å²) in [6, 6.07) is 4.47. The van der Waals surface area contributed by atoms with Crippen LogP contribution in [0, 0.1) is 24.1 Å². The maximum absolute atomic E-state index is 13.8. The van der Waals surface area contributed by atoms with E-state index in [2.05, 4.69) is 36.2 Å². The minimum atomic E-state index is -0.451. The molecular weight excluding hydrogens is 441 g/mol. The van der Waals surface area contributed by atoms with Crippen LogP contribution < -0.4 is 11.0 Å². The molecule has 0 spiro atoms. The number of anilines is 1. The molecule has 1 aliphatic rings. The van der Waals surface area contributed by atoms with Gasteiger partial charge < -0.3 is 5.32 Å². The van der Waals surface area contributed by atoms with E-state index in [1.807, 2.05) is 0 Å². The highest BCUT2D eigenvalue weighted by Crippen LogP contribution is 2.43. The van der Waals surface area contributed by atoms with Gasteiger partial charge in [0.2, 0.25) is 5.91 Å². The molecule has 1 atom stereocenters. The highest BCUT2D eigenvalue weighted by Gasteiger charge is 2.32. The Kier molecular flexibility index (Phi) is 5.12. The van der Waals surface area contributed by atoms with Crippen molar-refractivity contribution in [2.24, 2.45) is 11.3 Å². The number of carbonyl (C=O) groups is 1. The molecular formula is C24H26FN5O2S. The fraction of sp³-hybridized carbons (Fsp3) is 0.417. The topological polar surface area (TPSA) is 81.3 Å². The van der Waals surface area contributed by atoms with Crippen molar-refractivity contribution in [1.29, 1.82) is 0 Å². The van der Waals surface area contributed by atoms with Crippen molar-refractivity contribution < 1.29 is 9.18 Å². The Bertz CT molecular complexity index is 1460. The zero-order valence-electron chi connectivity index (χ0n) is 19.1. The summed E-state index contributed by atoms with van der Waals surface area (Å²) in [6.45, 7) is 8.23. The Morgan fingerprint density at radius 1 is 1.33 bits per heavy atom. The molecule has 33 heavy (non-hydrogen) atoms. The molecule has 9 heteroatoms. The Morgan fingerprint density at radius 3 is 2.85 bits per heavy atom. The summed E-state index contributed by atoms with van der Waals surface area (Å²) in [7, 11) is 0. The summed E-state index contributed by atoms with van der Waals surface area (Å²) >= 11 is 1.68. The van der Waals surface area contributed by atoms with E-state index in [1.54, 1.807) is 30.4 Å². The van der Waals surface area contributed by atoms with Gasteiger partial charge in [-0.25, -0.2) is 23.3 Å². The second-order valence-electron chi connectivity index (χ2n) is 9.88. The molecule has 1 N–H and O–H groups in total. The normalized spacial score (nSPS) is 16.3. The molecule has 0 bridgehead atoms. The standard InChI is InChI=1S/C24H26FN5O2S/c1-13-5-7-15(10-17(13)25)27-19(31)11-30-23(32)29-12-26-22-20(21(29)28-30)16-8-6-14(24(2,3)4)9-18(16)33-22/h5,7,10,12,14H,6,8-9,11H2,1-4H3,(H,27,31). The van der Waals surface area contributed by atoms with Crippen molar-refractivity contribution in [3.05, 3.63) is 56.8 Å². The number of rotatable bonds is 3. The number of nitrogens with zero attached hydrogens (tertiary/aromatic N) is 4. The molecule has 4 aromatic rings. The van der Waals surface area contributed by atoms with Crippen LogP contribution in [0.3, 0.4) is 0 Å². The SMILES string of the molecule is Cc1ccc(NC(=O)Cn2nc3c4c5c(sc4ncn3c2=O)CC(C(C)(C)C)CC5)cc1F. The molecule has 0 radical (unpaired) electrons.